The second kappa shape index (κ2) is 5.12. The molecule has 4 heteroatoms. The summed E-state index contributed by atoms with van der Waals surface area (Å²) in [6.07, 6.45) is 1.20. The third kappa shape index (κ3) is 2.28. The Morgan fingerprint density at radius 2 is 1.69 bits per heavy atom. The van der Waals surface area contributed by atoms with Gasteiger partial charge in [-0.25, -0.2) is 0 Å². The van der Waals surface area contributed by atoms with Gasteiger partial charge in [0.1, 0.15) is 12.1 Å². The molecule has 0 radical (unpaired) electrons. The molecule has 0 aliphatic carbocycles. The average Bonchev–Trinajstić information content (AvgIpc) is 2.36. The van der Waals surface area contributed by atoms with E-state index in [4.69, 9.17) is 15.8 Å². The van der Waals surface area contributed by atoms with Crippen LogP contribution in [0.1, 0.15) is 5.56 Å². The van der Waals surface area contributed by atoms with Gasteiger partial charge in [0.05, 0.1) is 6.07 Å². The summed E-state index contributed by atoms with van der Waals surface area (Å²) in [5, 5.41) is 26.6. The van der Waals surface area contributed by atoms with Gasteiger partial charge < -0.3 is 0 Å². The van der Waals surface area contributed by atoms with Crippen LogP contribution in [0.15, 0.2) is 36.4 Å². The summed E-state index contributed by atoms with van der Waals surface area (Å²) in [6, 6.07) is 14.4. The summed E-state index contributed by atoms with van der Waals surface area (Å²) in [5.41, 5.74) is 1.02. The summed E-state index contributed by atoms with van der Waals surface area (Å²) in [5.74, 6) is 0. The van der Waals surface area contributed by atoms with Gasteiger partial charge in [-0.05, 0) is 21.5 Å². The maximum Gasteiger partial charge on any atom is 0.223 e. The Balaban J connectivity index is 3.37. The first-order chi connectivity index (χ1) is 7.68. The molecule has 16 heavy (non-hydrogen) atoms. The number of alkyl halides is 1. The number of hydrogen-bond acceptors (Lipinski definition) is 3. The molecule has 0 saturated heterocycles. The molecular weight excluding hydrogens is 266 g/mol. The standard InChI is InChI=1S/C12H6BrN3/c13-12(8-15,9-16)11(6-7-14)10-4-2-1-3-5-10/h1-6H/b11-6+. The van der Waals surface area contributed by atoms with E-state index in [0.717, 1.165) is 0 Å². The van der Waals surface area contributed by atoms with Gasteiger partial charge in [0.25, 0.3) is 0 Å². The highest BCUT2D eigenvalue weighted by Gasteiger charge is 2.32. The Kier molecular flexibility index (Phi) is 3.84. The quantitative estimate of drug-likeness (QED) is 0.613. The first-order valence-corrected chi connectivity index (χ1v) is 5.14. The van der Waals surface area contributed by atoms with Crippen LogP contribution in [0.25, 0.3) is 5.57 Å². The molecule has 1 aromatic carbocycles. The molecule has 1 aromatic rings. The smallest absolute Gasteiger partial charge is 0.195 e. The van der Waals surface area contributed by atoms with Gasteiger partial charge in [-0.3, -0.25) is 0 Å². The minimum Gasteiger partial charge on any atom is -0.195 e. The van der Waals surface area contributed by atoms with Crippen molar-refractivity contribution in [3.05, 3.63) is 42.0 Å². The highest BCUT2D eigenvalue weighted by molar-refractivity contribution is 9.10. The fourth-order valence-corrected chi connectivity index (χ4v) is 1.55. The van der Waals surface area contributed by atoms with Crippen LogP contribution in [0, 0.1) is 34.0 Å². The fraction of sp³-hybridized carbons (Fsp3) is 0.0833. The van der Waals surface area contributed by atoms with Gasteiger partial charge in [-0.1, -0.05) is 30.3 Å². The van der Waals surface area contributed by atoms with Crippen molar-refractivity contribution in [3.8, 4) is 18.2 Å². The van der Waals surface area contributed by atoms with Crippen molar-refractivity contribution in [1.29, 1.82) is 15.8 Å². The van der Waals surface area contributed by atoms with Gasteiger partial charge in [0.15, 0.2) is 0 Å². The van der Waals surface area contributed by atoms with Gasteiger partial charge in [0, 0.05) is 11.6 Å². The molecule has 0 aromatic heterocycles. The first kappa shape index (κ1) is 12.0. The van der Waals surface area contributed by atoms with Gasteiger partial charge in [0.2, 0.25) is 4.32 Å². The Morgan fingerprint density at radius 3 is 2.12 bits per heavy atom. The number of benzene rings is 1. The van der Waals surface area contributed by atoms with Crippen molar-refractivity contribution < 1.29 is 0 Å². The second-order valence-corrected chi connectivity index (χ2v) is 4.12. The summed E-state index contributed by atoms with van der Waals surface area (Å²) in [7, 11) is 0. The predicted octanol–water partition coefficient (Wildman–Crippen LogP) is 2.77. The number of nitriles is 3. The van der Waals surface area contributed by atoms with Crippen LogP contribution in [0.3, 0.4) is 0 Å². The zero-order chi connectivity index (χ0) is 12.0. The number of allylic oxidation sites excluding steroid dienone is 2. The van der Waals surface area contributed by atoms with Gasteiger partial charge >= 0.3 is 0 Å². The molecule has 0 heterocycles. The molecule has 0 aliphatic heterocycles. The summed E-state index contributed by atoms with van der Waals surface area (Å²) in [4.78, 5) is 0. The maximum atomic E-state index is 8.97. The Bertz CT molecular complexity index is 512. The van der Waals surface area contributed by atoms with Crippen LogP contribution in [0.2, 0.25) is 0 Å². The highest BCUT2D eigenvalue weighted by Crippen LogP contribution is 2.33. The van der Waals surface area contributed by atoms with E-state index in [1.165, 1.54) is 6.08 Å². The molecule has 0 amide bonds. The summed E-state index contributed by atoms with van der Waals surface area (Å²) >= 11 is 3.05. The SMILES string of the molecule is N#C/C=C(\c1ccccc1)C(Br)(C#N)C#N. The minimum absolute atomic E-state index is 0.348. The largest absolute Gasteiger partial charge is 0.223 e. The van der Waals surface area contributed by atoms with Gasteiger partial charge in [-0.15, -0.1) is 0 Å². The van der Waals surface area contributed by atoms with Crippen LogP contribution >= 0.6 is 15.9 Å². The molecule has 0 atom stereocenters. The molecule has 3 nitrogen and oxygen atoms in total. The molecule has 0 unspecified atom stereocenters. The van der Waals surface area contributed by atoms with Crippen LogP contribution in [-0.4, -0.2) is 4.32 Å². The van der Waals surface area contributed by atoms with Crippen LogP contribution in [0.4, 0.5) is 0 Å². The Hall–Kier alpha value is -2.09. The lowest BCUT2D eigenvalue weighted by molar-refractivity contribution is 1.19. The first-order valence-electron chi connectivity index (χ1n) is 4.35. The van der Waals surface area contributed by atoms with E-state index in [0.29, 0.717) is 11.1 Å². The topological polar surface area (TPSA) is 71.4 Å². The summed E-state index contributed by atoms with van der Waals surface area (Å²) in [6.45, 7) is 0. The average molecular weight is 272 g/mol. The molecule has 1 rings (SSSR count). The van der Waals surface area contributed by atoms with E-state index in [9.17, 15) is 0 Å². The number of rotatable bonds is 2. The zero-order valence-corrected chi connectivity index (χ0v) is 9.77. The molecule has 0 spiro atoms. The van der Waals surface area contributed by atoms with Crippen molar-refractivity contribution in [2.45, 2.75) is 4.32 Å². The molecule has 0 aliphatic rings. The highest BCUT2D eigenvalue weighted by atomic mass is 79.9. The molecule has 0 bridgehead atoms. The summed E-state index contributed by atoms with van der Waals surface area (Å²) < 4.78 is -1.48. The normalized spacial score (nSPS) is 11.0. The van der Waals surface area contributed by atoms with E-state index >= 15 is 0 Å². The van der Waals surface area contributed by atoms with Crippen LogP contribution < -0.4 is 0 Å². The predicted molar refractivity (Wildman–Crippen MR) is 62.9 cm³/mol. The van der Waals surface area contributed by atoms with Crippen LogP contribution in [-0.2, 0) is 0 Å². The van der Waals surface area contributed by atoms with Crippen LogP contribution in [0.5, 0.6) is 0 Å². The van der Waals surface area contributed by atoms with Crippen molar-refractivity contribution in [1.82, 2.24) is 0 Å². The van der Waals surface area contributed by atoms with E-state index in [-0.39, 0.29) is 0 Å². The van der Waals surface area contributed by atoms with E-state index < -0.39 is 4.32 Å². The Labute approximate surface area is 102 Å². The lowest BCUT2D eigenvalue weighted by Crippen LogP contribution is -2.17. The number of halogens is 1. The number of nitrogens with zero attached hydrogens (tertiary/aromatic N) is 3. The maximum absolute atomic E-state index is 8.97. The van der Waals surface area contributed by atoms with E-state index in [2.05, 4.69) is 15.9 Å². The Morgan fingerprint density at radius 1 is 1.12 bits per heavy atom. The third-order valence-corrected chi connectivity index (χ3v) is 2.75. The lowest BCUT2D eigenvalue weighted by Gasteiger charge is -2.14. The minimum atomic E-state index is -1.48. The van der Waals surface area contributed by atoms with Crippen molar-refractivity contribution >= 4 is 21.5 Å². The zero-order valence-electron chi connectivity index (χ0n) is 8.18. The number of hydrogen-bond donors (Lipinski definition) is 0. The lowest BCUT2D eigenvalue weighted by atomic mass is 9.94. The molecule has 0 fully saturated rings. The molecular formula is C12H6BrN3. The van der Waals surface area contributed by atoms with Gasteiger partial charge in [-0.2, -0.15) is 15.8 Å². The monoisotopic (exact) mass is 271 g/mol. The third-order valence-electron chi connectivity index (χ3n) is 1.97. The fourth-order valence-electron chi connectivity index (χ4n) is 1.21. The molecule has 0 N–H and O–H groups in total. The molecule has 76 valence electrons. The second-order valence-electron chi connectivity index (χ2n) is 2.94. The molecule has 0 saturated carbocycles. The van der Waals surface area contributed by atoms with E-state index in [1.54, 1.807) is 24.3 Å². The van der Waals surface area contributed by atoms with E-state index in [1.807, 2.05) is 24.3 Å². The van der Waals surface area contributed by atoms with Crippen molar-refractivity contribution in [3.63, 3.8) is 0 Å². The van der Waals surface area contributed by atoms with Crippen molar-refractivity contribution in [2.75, 3.05) is 0 Å². The van der Waals surface area contributed by atoms with Crippen molar-refractivity contribution in [2.24, 2.45) is 0 Å².